The number of hydrogen-bond acceptors (Lipinski definition) is 4. The average Bonchev–Trinajstić information content (AvgIpc) is 3.38. The number of carboxylic acid groups (broad SMARTS) is 1. The third-order valence-electron chi connectivity index (χ3n) is 6.75. The van der Waals surface area contributed by atoms with Gasteiger partial charge in [0.2, 0.25) is 0 Å². The number of carbonyl (C=O) groups is 1. The maximum absolute atomic E-state index is 13.1. The fourth-order valence-electron chi connectivity index (χ4n) is 4.50. The zero-order valence-electron chi connectivity index (χ0n) is 22.5. The predicted octanol–water partition coefficient (Wildman–Crippen LogP) is 8.48. The maximum Gasteiger partial charge on any atom is 0.416 e. The van der Waals surface area contributed by atoms with E-state index in [1.165, 1.54) is 23.9 Å². The van der Waals surface area contributed by atoms with Gasteiger partial charge in [0.05, 0.1) is 23.0 Å². The van der Waals surface area contributed by atoms with Crippen LogP contribution in [0.15, 0.2) is 102 Å². The lowest BCUT2D eigenvalue weighted by atomic mass is 9.98. The molecule has 0 saturated carbocycles. The number of fused-ring (bicyclic) bond motifs is 1. The Bertz CT molecular complexity index is 1700. The summed E-state index contributed by atoms with van der Waals surface area (Å²) in [5, 5.41) is 14.8. The number of hydrogen-bond donors (Lipinski definition) is 1. The molecular formula is C32H27F3N2O3S. The molecule has 0 amide bonds. The zero-order chi connectivity index (χ0) is 29.4. The fourth-order valence-corrected chi connectivity index (χ4v) is 5.50. The molecule has 4 aromatic carbocycles. The highest BCUT2D eigenvalue weighted by atomic mass is 32.2. The molecule has 9 heteroatoms. The molecule has 5 nitrogen and oxygen atoms in total. The van der Waals surface area contributed by atoms with Crippen LogP contribution in [0.25, 0.3) is 16.6 Å². The van der Waals surface area contributed by atoms with Gasteiger partial charge in [-0.2, -0.15) is 18.3 Å². The van der Waals surface area contributed by atoms with E-state index in [-0.39, 0.29) is 0 Å². The molecule has 1 N–H and O–H groups in total. The molecule has 210 valence electrons. The van der Waals surface area contributed by atoms with Gasteiger partial charge in [0, 0.05) is 15.8 Å². The van der Waals surface area contributed by atoms with Gasteiger partial charge < -0.3 is 9.84 Å². The van der Waals surface area contributed by atoms with Crippen molar-refractivity contribution in [1.82, 2.24) is 9.78 Å². The molecular weight excluding hydrogens is 549 g/mol. The quantitative estimate of drug-likeness (QED) is 0.188. The van der Waals surface area contributed by atoms with Gasteiger partial charge >= 0.3 is 12.1 Å². The molecule has 0 aliphatic rings. The Morgan fingerprint density at radius 2 is 1.66 bits per heavy atom. The topological polar surface area (TPSA) is 64.4 Å². The lowest BCUT2D eigenvalue weighted by Gasteiger charge is -2.23. The Balaban J connectivity index is 1.52. The minimum Gasteiger partial charge on any atom is -0.481 e. The van der Waals surface area contributed by atoms with Gasteiger partial charge in [0.25, 0.3) is 0 Å². The summed E-state index contributed by atoms with van der Waals surface area (Å²) in [6.45, 7) is 5.25. The van der Waals surface area contributed by atoms with Gasteiger partial charge in [-0.3, -0.25) is 4.79 Å². The van der Waals surface area contributed by atoms with E-state index in [0.717, 1.165) is 44.6 Å². The summed E-state index contributed by atoms with van der Waals surface area (Å²) in [4.78, 5) is 12.5. The van der Waals surface area contributed by atoms with Gasteiger partial charge in [-0.1, -0.05) is 42.5 Å². The first kappa shape index (κ1) is 28.3. The SMILES string of the molecule is Cc1cc(OC(c2ccccc2)c2cccc3c2cnn3-c2ccc(C(F)(F)F)cc2)ccc1SC(C)(C)C(=O)O. The summed E-state index contributed by atoms with van der Waals surface area (Å²) in [6, 6.07) is 25.9. The Morgan fingerprint density at radius 3 is 2.29 bits per heavy atom. The van der Waals surface area contributed by atoms with E-state index in [9.17, 15) is 23.1 Å². The average molecular weight is 577 g/mol. The molecule has 5 aromatic rings. The molecule has 1 unspecified atom stereocenters. The van der Waals surface area contributed by atoms with E-state index in [2.05, 4.69) is 5.10 Å². The summed E-state index contributed by atoms with van der Waals surface area (Å²) >= 11 is 1.28. The van der Waals surface area contributed by atoms with Crippen LogP contribution < -0.4 is 4.74 Å². The second kappa shape index (κ2) is 11.0. The first-order valence-corrected chi connectivity index (χ1v) is 13.6. The molecule has 5 rings (SSSR count). The largest absolute Gasteiger partial charge is 0.481 e. The number of alkyl halides is 3. The molecule has 1 heterocycles. The monoisotopic (exact) mass is 576 g/mol. The zero-order valence-corrected chi connectivity index (χ0v) is 23.3. The Kier molecular flexibility index (Phi) is 7.57. The van der Waals surface area contributed by atoms with Crippen LogP contribution in [-0.2, 0) is 11.0 Å². The molecule has 1 atom stereocenters. The highest BCUT2D eigenvalue weighted by Gasteiger charge is 2.31. The standard InChI is InChI=1S/C32H27F3N2O3S/c1-20-18-24(16-17-28(20)41-31(2,3)30(38)39)40-29(21-8-5-4-6-9-21)25-10-7-11-27-26(25)19-36-37(27)23-14-12-22(13-15-23)32(33,34)35/h4-19,29H,1-3H3,(H,38,39). The second-order valence-electron chi connectivity index (χ2n) is 10.1. The van der Waals surface area contributed by atoms with Gasteiger partial charge in [-0.25, -0.2) is 4.68 Å². The van der Waals surface area contributed by atoms with Gasteiger partial charge in [0.1, 0.15) is 16.6 Å². The third-order valence-corrected chi connectivity index (χ3v) is 8.11. The first-order chi connectivity index (χ1) is 19.4. The molecule has 0 radical (unpaired) electrons. The minimum absolute atomic E-state index is 0.510. The van der Waals surface area contributed by atoms with Crippen LogP contribution >= 0.6 is 11.8 Å². The number of rotatable bonds is 8. The summed E-state index contributed by atoms with van der Waals surface area (Å²) < 4.78 is 46.5. The summed E-state index contributed by atoms with van der Waals surface area (Å²) in [5.74, 6) is -0.280. The van der Waals surface area contributed by atoms with Crippen molar-refractivity contribution in [2.45, 2.75) is 42.7 Å². The van der Waals surface area contributed by atoms with Crippen LogP contribution in [0.1, 0.15) is 42.2 Å². The second-order valence-corrected chi connectivity index (χ2v) is 11.8. The van der Waals surface area contributed by atoms with Crippen LogP contribution in [0.4, 0.5) is 13.2 Å². The normalized spacial score (nSPS) is 12.8. The van der Waals surface area contributed by atoms with Crippen LogP contribution in [0.5, 0.6) is 5.75 Å². The van der Waals surface area contributed by atoms with Crippen LogP contribution in [0, 0.1) is 6.92 Å². The van der Waals surface area contributed by atoms with E-state index in [4.69, 9.17) is 4.74 Å². The lowest BCUT2D eigenvalue weighted by molar-refractivity contribution is -0.139. The number of benzene rings is 4. The van der Waals surface area contributed by atoms with Gasteiger partial charge in [-0.05, 0) is 80.4 Å². The predicted molar refractivity (Wildman–Crippen MR) is 154 cm³/mol. The van der Waals surface area contributed by atoms with E-state index < -0.39 is 28.6 Å². The molecule has 0 saturated heterocycles. The van der Waals surface area contributed by atoms with Gasteiger partial charge in [-0.15, -0.1) is 11.8 Å². The van der Waals surface area contributed by atoms with Gasteiger partial charge in [0.15, 0.2) is 0 Å². The van der Waals surface area contributed by atoms with E-state index in [1.807, 2.05) is 73.7 Å². The highest BCUT2D eigenvalue weighted by molar-refractivity contribution is 8.01. The Morgan fingerprint density at radius 1 is 0.951 bits per heavy atom. The third kappa shape index (κ3) is 5.95. The number of ether oxygens (including phenoxy) is 1. The van der Waals surface area contributed by atoms with Crippen molar-refractivity contribution in [3.63, 3.8) is 0 Å². The number of aryl methyl sites for hydroxylation is 1. The highest BCUT2D eigenvalue weighted by Crippen LogP contribution is 2.38. The van der Waals surface area contributed by atoms with Crippen molar-refractivity contribution >= 4 is 28.6 Å². The number of carboxylic acids is 1. The van der Waals surface area contributed by atoms with Crippen molar-refractivity contribution < 1.29 is 27.8 Å². The number of thioether (sulfide) groups is 1. The molecule has 0 fully saturated rings. The van der Waals surface area contributed by atoms with E-state index >= 15 is 0 Å². The molecule has 41 heavy (non-hydrogen) atoms. The molecule has 1 aromatic heterocycles. The van der Waals surface area contributed by atoms with Crippen LogP contribution in [-0.4, -0.2) is 25.6 Å². The summed E-state index contributed by atoms with van der Waals surface area (Å²) in [7, 11) is 0. The molecule has 0 spiro atoms. The number of halogens is 3. The number of aliphatic carboxylic acids is 1. The smallest absolute Gasteiger partial charge is 0.416 e. The fraction of sp³-hybridized carbons (Fsp3) is 0.188. The lowest BCUT2D eigenvalue weighted by Crippen LogP contribution is -2.27. The van der Waals surface area contributed by atoms with Crippen LogP contribution in [0.3, 0.4) is 0 Å². The molecule has 0 aliphatic carbocycles. The van der Waals surface area contributed by atoms with Crippen LogP contribution in [0.2, 0.25) is 0 Å². The number of nitrogens with zero attached hydrogens (tertiary/aromatic N) is 2. The summed E-state index contributed by atoms with van der Waals surface area (Å²) in [6.07, 6.45) is -3.24. The first-order valence-electron chi connectivity index (χ1n) is 12.8. The van der Waals surface area contributed by atoms with E-state index in [1.54, 1.807) is 24.7 Å². The Hall–Kier alpha value is -4.24. The van der Waals surface area contributed by atoms with Crippen molar-refractivity contribution in [3.05, 3.63) is 119 Å². The van der Waals surface area contributed by atoms with Crippen molar-refractivity contribution in [3.8, 4) is 11.4 Å². The van der Waals surface area contributed by atoms with Crippen molar-refractivity contribution in [2.75, 3.05) is 0 Å². The molecule has 0 aliphatic heterocycles. The van der Waals surface area contributed by atoms with E-state index in [0.29, 0.717) is 11.4 Å². The van der Waals surface area contributed by atoms with Crippen molar-refractivity contribution in [2.24, 2.45) is 0 Å². The minimum atomic E-state index is -4.42. The number of aromatic nitrogens is 2. The maximum atomic E-state index is 13.1. The molecule has 0 bridgehead atoms. The Labute approximate surface area is 239 Å². The van der Waals surface area contributed by atoms with Crippen molar-refractivity contribution in [1.29, 1.82) is 0 Å². The summed E-state index contributed by atoms with van der Waals surface area (Å²) in [5.41, 5.74) is 3.16.